The quantitative estimate of drug-likeness (QED) is 0.574. The molecule has 0 radical (unpaired) electrons. The molecule has 3 N–H and O–H groups in total. The minimum Gasteiger partial charge on any atom is -0.383 e. The second-order valence-electron chi connectivity index (χ2n) is 5.82. The Balaban J connectivity index is 2.06. The number of thiophene rings is 1. The van der Waals surface area contributed by atoms with Crippen molar-refractivity contribution in [1.29, 1.82) is 0 Å². The lowest BCUT2D eigenvalue weighted by Gasteiger charge is -2.17. The molecule has 1 atom stereocenters. The summed E-state index contributed by atoms with van der Waals surface area (Å²) < 4.78 is 4.92. The van der Waals surface area contributed by atoms with E-state index in [1.807, 2.05) is 17.5 Å². The maximum atomic E-state index is 12.5. The van der Waals surface area contributed by atoms with Gasteiger partial charge in [-0.2, -0.15) is 0 Å². The number of ether oxygens (including phenoxy) is 1. The molecule has 0 bridgehead atoms. The smallest absolute Gasteiger partial charge is 0.253 e. The van der Waals surface area contributed by atoms with Crippen molar-refractivity contribution in [1.82, 2.24) is 10.6 Å². The van der Waals surface area contributed by atoms with Gasteiger partial charge >= 0.3 is 0 Å². The van der Waals surface area contributed by atoms with Crippen LogP contribution in [0.3, 0.4) is 0 Å². The van der Waals surface area contributed by atoms with Crippen LogP contribution in [-0.2, 0) is 14.3 Å². The molecule has 1 unspecified atom stereocenters. The molecule has 0 fully saturated rings. The predicted molar refractivity (Wildman–Crippen MR) is 105 cm³/mol. The van der Waals surface area contributed by atoms with E-state index in [0.29, 0.717) is 24.4 Å². The maximum Gasteiger partial charge on any atom is 0.253 e. The highest BCUT2D eigenvalue weighted by Gasteiger charge is 2.19. The van der Waals surface area contributed by atoms with Crippen molar-refractivity contribution < 1.29 is 19.1 Å². The molecule has 0 aliphatic rings. The molecule has 1 aromatic carbocycles. The highest BCUT2D eigenvalue weighted by atomic mass is 32.1. The number of anilines is 1. The second kappa shape index (κ2) is 10.4. The third-order valence-corrected chi connectivity index (χ3v) is 4.68. The van der Waals surface area contributed by atoms with Crippen LogP contribution >= 0.6 is 11.3 Å². The van der Waals surface area contributed by atoms with E-state index in [9.17, 15) is 14.4 Å². The first-order valence-corrected chi connectivity index (χ1v) is 9.35. The van der Waals surface area contributed by atoms with Crippen LogP contribution in [0.2, 0.25) is 0 Å². The van der Waals surface area contributed by atoms with Gasteiger partial charge in [0.2, 0.25) is 11.8 Å². The number of nitrogens with one attached hydrogen (secondary N) is 3. The lowest BCUT2D eigenvalue weighted by atomic mass is 10.1. The number of hydrogen-bond acceptors (Lipinski definition) is 5. The molecule has 27 heavy (non-hydrogen) atoms. The van der Waals surface area contributed by atoms with Gasteiger partial charge in [0.15, 0.2) is 0 Å². The van der Waals surface area contributed by atoms with Gasteiger partial charge in [0, 0.05) is 25.5 Å². The molecule has 0 saturated carbocycles. The number of rotatable bonds is 9. The van der Waals surface area contributed by atoms with Gasteiger partial charge in [-0.1, -0.05) is 18.2 Å². The molecule has 144 valence electrons. The molecule has 2 aromatic rings. The van der Waals surface area contributed by atoms with E-state index in [2.05, 4.69) is 16.0 Å². The first-order valence-electron chi connectivity index (χ1n) is 8.47. The van der Waals surface area contributed by atoms with Crippen LogP contribution < -0.4 is 16.0 Å². The average Bonchev–Trinajstić information content (AvgIpc) is 3.16. The van der Waals surface area contributed by atoms with Crippen LogP contribution in [0, 0.1) is 0 Å². The molecule has 8 heteroatoms. The topological polar surface area (TPSA) is 96.5 Å². The summed E-state index contributed by atoms with van der Waals surface area (Å²) in [4.78, 5) is 37.2. The Bertz CT molecular complexity index is 777. The zero-order chi connectivity index (χ0) is 19.6. The van der Waals surface area contributed by atoms with Crippen LogP contribution in [-0.4, -0.2) is 38.0 Å². The van der Waals surface area contributed by atoms with Gasteiger partial charge in [0.1, 0.15) is 0 Å². The molecule has 0 aliphatic carbocycles. The van der Waals surface area contributed by atoms with Crippen molar-refractivity contribution in [3.05, 3.63) is 52.2 Å². The van der Waals surface area contributed by atoms with Crippen molar-refractivity contribution in [3.8, 4) is 0 Å². The summed E-state index contributed by atoms with van der Waals surface area (Å²) in [7, 11) is 1.55. The minimum atomic E-state index is -0.412. The summed E-state index contributed by atoms with van der Waals surface area (Å²) in [5.41, 5.74) is 0.791. The number of carbonyl (C=O) groups is 3. The molecule has 2 rings (SSSR count). The fraction of sp³-hybridized carbons (Fsp3) is 0.316. The van der Waals surface area contributed by atoms with Crippen molar-refractivity contribution in [2.75, 3.05) is 25.6 Å². The number of para-hydroxylation sites is 1. The largest absolute Gasteiger partial charge is 0.383 e. The second-order valence-corrected chi connectivity index (χ2v) is 6.79. The molecular formula is C19H23N3O4S. The van der Waals surface area contributed by atoms with E-state index in [1.54, 1.807) is 31.4 Å². The summed E-state index contributed by atoms with van der Waals surface area (Å²) in [5.74, 6) is -0.793. The van der Waals surface area contributed by atoms with E-state index < -0.39 is 6.04 Å². The van der Waals surface area contributed by atoms with E-state index in [0.717, 1.165) is 4.88 Å². The Morgan fingerprint density at radius 1 is 1.15 bits per heavy atom. The molecule has 3 amide bonds. The SMILES string of the molecule is COCCNC(=O)c1ccccc1NC(=O)CC(NC(C)=O)c1cccs1. The zero-order valence-electron chi connectivity index (χ0n) is 15.3. The number of amides is 3. The number of hydrogen-bond donors (Lipinski definition) is 3. The Morgan fingerprint density at radius 3 is 2.59 bits per heavy atom. The van der Waals surface area contributed by atoms with Crippen molar-refractivity contribution in [3.63, 3.8) is 0 Å². The monoisotopic (exact) mass is 389 g/mol. The first kappa shape index (κ1) is 20.6. The van der Waals surface area contributed by atoms with Gasteiger partial charge in [0.05, 0.1) is 30.3 Å². The Kier molecular flexibility index (Phi) is 7.97. The van der Waals surface area contributed by atoms with Gasteiger partial charge in [-0.3, -0.25) is 14.4 Å². The minimum absolute atomic E-state index is 0.0692. The molecular weight excluding hydrogens is 366 g/mol. The molecule has 1 aromatic heterocycles. The van der Waals surface area contributed by atoms with Crippen LogP contribution in [0.5, 0.6) is 0 Å². The first-order chi connectivity index (χ1) is 13.0. The van der Waals surface area contributed by atoms with Crippen molar-refractivity contribution >= 4 is 34.7 Å². The fourth-order valence-corrected chi connectivity index (χ4v) is 3.27. The predicted octanol–water partition coefficient (Wildman–Crippen LogP) is 2.33. The number of methoxy groups -OCH3 is 1. The third kappa shape index (κ3) is 6.50. The summed E-state index contributed by atoms with van der Waals surface area (Å²) in [6.07, 6.45) is 0.0692. The lowest BCUT2D eigenvalue weighted by molar-refractivity contribution is -0.120. The summed E-state index contributed by atoms with van der Waals surface area (Å²) in [5, 5.41) is 10.2. The summed E-state index contributed by atoms with van der Waals surface area (Å²) in [6.45, 7) is 2.19. The standard InChI is InChI=1S/C19H23N3O4S/c1-13(23)21-16(17-8-5-11-27-17)12-18(24)22-15-7-4-3-6-14(15)19(25)20-9-10-26-2/h3-8,11,16H,9-10,12H2,1-2H3,(H,20,25)(H,21,23)(H,22,24). The Labute approximate surface area is 162 Å². The van der Waals surface area contributed by atoms with Gasteiger partial charge in [-0.15, -0.1) is 11.3 Å². The van der Waals surface area contributed by atoms with Gasteiger partial charge in [-0.25, -0.2) is 0 Å². The normalized spacial score (nSPS) is 11.5. The summed E-state index contributed by atoms with van der Waals surface area (Å²) >= 11 is 1.47. The Hall–Kier alpha value is -2.71. The van der Waals surface area contributed by atoms with Crippen LogP contribution in [0.4, 0.5) is 5.69 Å². The number of benzene rings is 1. The highest BCUT2D eigenvalue weighted by molar-refractivity contribution is 7.10. The van der Waals surface area contributed by atoms with Crippen LogP contribution in [0.15, 0.2) is 41.8 Å². The van der Waals surface area contributed by atoms with Crippen molar-refractivity contribution in [2.24, 2.45) is 0 Å². The maximum absolute atomic E-state index is 12.5. The molecule has 0 spiro atoms. The van der Waals surface area contributed by atoms with E-state index in [4.69, 9.17) is 4.74 Å². The molecule has 1 heterocycles. The highest BCUT2D eigenvalue weighted by Crippen LogP contribution is 2.23. The molecule has 7 nitrogen and oxygen atoms in total. The van der Waals surface area contributed by atoms with E-state index in [-0.39, 0.29) is 24.1 Å². The zero-order valence-corrected chi connectivity index (χ0v) is 16.1. The van der Waals surface area contributed by atoms with Gasteiger partial charge < -0.3 is 20.7 Å². The third-order valence-electron chi connectivity index (χ3n) is 3.69. The number of carbonyl (C=O) groups excluding carboxylic acids is 3. The van der Waals surface area contributed by atoms with Gasteiger partial charge in [0.25, 0.3) is 5.91 Å². The van der Waals surface area contributed by atoms with E-state index in [1.165, 1.54) is 18.3 Å². The molecule has 0 saturated heterocycles. The van der Waals surface area contributed by atoms with Crippen LogP contribution in [0.25, 0.3) is 0 Å². The van der Waals surface area contributed by atoms with E-state index >= 15 is 0 Å². The van der Waals surface area contributed by atoms with Gasteiger partial charge in [-0.05, 0) is 23.6 Å². The van der Waals surface area contributed by atoms with Crippen molar-refractivity contribution in [2.45, 2.75) is 19.4 Å². The summed E-state index contributed by atoms with van der Waals surface area (Å²) in [6, 6.07) is 10.1. The molecule has 0 aliphatic heterocycles. The average molecular weight is 389 g/mol. The van der Waals surface area contributed by atoms with Crippen LogP contribution in [0.1, 0.15) is 34.6 Å². The lowest BCUT2D eigenvalue weighted by Crippen LogP contribution is -2.30. The fourth-order valence-electron chi connectivity index (χ4n) is 2.50. The Morgan fingerprint density at radius 2 is 1.93 bits per heavy atom.